The molecule has 2 aliphatic heterocycles. The molecule has 1 aromatic carbocycles. The Morgan fingerprint density at radius 3 is 2.49 bits per heavy atom. The van der Waals surface area contributed by atoms with Crippen LogP contribution in [0.2, 0.25) is 0 Å². The number of aliphatic hydroxyl groups excluding tert-OH is 1. The molecule has 1 fully saturated rings. The third-order valence-electron chi connectivity index (χ3n) is 9.18. The lowest BCUT2D eigenvalue weighted by molar-refractivity contribution is -0.156. The van der Waals surface area contributed by atoms with E-state index in [0.29, 0.717) is 31.4 Å². The highest BCUT2D eigenvalue weighted by molar-refractivity contribution is 5.92. The fourth-order valence-corrected chi connectivity index (χ4v) is 6.08. The molecule has 3 rings (SSSR count). The number of cyclic esters (lactones) is 1. The largest absolute Gasteiger partial charge is 0.508 e. The normalized spacial score (nSPS) is 30.1. The molecule has 1 saturated heterocycles. The van der Waals surface area contributed by atoms with Gasteiger partial charge in [-0.1, -0.05) is 84.1 Å². The molecule has 0 spiro atoms. The first-order valence-electron chi connectivity index (χ1n) is 17.5. The van der Waals surface area contributed by atoms with E-state index in [1.807, 2.05) is 40.7 Å². The molecule has 1 aromatic rings. The first-order valence-corrected chi connectivity index (χ1v) is 17.5. The highest BCUT2D eigenvalue weighted by atomic mass is 16.5. The van der Waals surface area contributed by atoms with Gasteiger partial charge in [-0.05, 0) is 66.7 Å². The molecule has 11 heteroatoms. The minimum Gasteiger partial charge on any atom is -0.508 e. The second kappa shape index (κ2) is 18.7. The van der Waals surface area contributed by atoms with E-state index in [1.54, 1.807) is 30.4 Å². The Morgan fingerprint density at radius 2 is 1.82 bits per heavy atom. The van der Waals surface area contributed by atoms with E-state index in [4.69, 9.17) is 4.74 Å². The van der Waals surface area contributed by atoms with Crippen molar-refractivity contribution in [2.45, 2.75) is 111 Å². The Kier molecular flexibility index (Phi) is 15.1. The van der Waals surface area contributed by atoms with Gasteiger partial charge in [-0.3, -0.25) is 24.2 Å². The van der Waals surface area contributed by atoms with Crippen LogP contribution >= 0.6 is 0 Å². The van der Waals surface area contributed by atoms with Gasteiger partial charge in [0.1, 0.15) is 30.0 Å². The number of fused-ring (bicyclic) bond motifs is 2. The van der Waals surface area contributed by atoms with Crippen molar-refractivity contribution in [3.05, 3.63) is 65.8 Å². The Labute approximate surface area is 291 Å². The summed E-state index contributed by atoms with van der Waals surface area (Å²) in [5.74, 6) is -2.29. The van der Waals surface area contributed by atoms with Crippen LogP contribution in [0.15, 0.2) is 60.2 Å². The number of ether oxygens (including phenoxy) is 1. The standard InChI is InChI=1S/C38H56N4O7/c1-23(2)19-26(6)33-17-10-8-9-16-32(44)27(7)25(5)20-34(45)40-35(24(3)4)36(46)39-31(22-28-13-11-14-29(43)21-28)37(47)42-18-12-15-30(41-42)38(48)49-33/h8-11,13-14,16,19,21,23-25,27,30-33,35,41,43-44H,12,15,17-18,20,22H2,1-7H3,(H,39,46)(H,40,45)/b10-8+,16-9+,26-19+/t25-,27?,30-,31-,32+,33-,35-/m0/s1. The number of hydrogen-bond acceptors (Lipinski definition) is 8. The quantitative estimate of drug-likeness (QED) is 0.230. The van der Waals surface area contributed by atoms with E-state index >= 15 is 0 Å². The van der Waals surface area contributed by atoms with Crippen molar-refractivity contribution in [2.75, 3.05) is 6.54 Å². The number of nitrogens with one attached hydrogen (secondary N) is 3. The number of rotatable bonds is 5. The van der Waals surface area contributed by atoms with Crippen LogP contribution in [0.5, 0.6) is 5.75 Å². The lowest BCUT2D eigenvalue weighted by Gasteiger charge is -2.36. The summed E-state index contributed by atoms with van der Waals surface area (Å²) < 4.78 is 6.03. The number of carbonyl (C=O) groups is 4. The van der Waals surface area contributed by atoms with Gasteiger partial charge in [0.15, 0.2) is 0 Å². The highest BCUT2D eigenvalue weighted by Gasteiger charge is 2.36. The number of esters is 1. The molecular weight excluding hydrogens is 624 g/mol. The second-order valence-electron chi connectivity index (χ2n) is 14.2. The van der Waals surface area contributed by atoms with Gasteiger partial charge in [0.2, 0.25) is 11.8 Å². The van der Waals surface area contributed by atoms with Crippen LogP contribution in [0.25, 0.3) is 0 Å². The van der Waals surface area contributed by atoms with Crippen molar-refractivity contribution >= 4 is 23.7 Å². The third-order valence-corrected chi connectivity index (χ3v) is 9.18. The summed E-state index contributed by atoms with van der Waals surface area (Å²) in [6, 6.07) is 3.67. The number of amides is 3. The van der Waals surface area contributed by atoms with Crippen LogP contribution in [-0.2, 0) is 30.3 Å². The third kappa shape index (κ3) is 12.1. The van der Waals surface area contributed by atoms with Gasteiger partial charge in [0.25, 0.3) is 5.91 Å². The monoisotopic (exact) mass is 680 g/mol. The number of carbonyl (C=O) groups excluding carboxylic acids is 4. The summed E-state index contributed by atoms with van der Waals surface area (Å²) in [6.45, 7) is 13.7. The van der Waals surface area contributed by atoms with Gasteiger partial charge in [-0.15, -0.1) is 0 Å². The molecule has 1 unspecified atom stereocenters. The summed E-state index contributed by atoms with van der Waals surface area (Å²) >= 11 is 0. The molecule has 0 aromatic heterocycles. The van der Waals surface area contributed by atoms with Crippen molar-refractivity contribution in [3.63, 3.8) is 0 Å². The van der Waals surface area contributed by atoms with Gasteiger partial charge < -0.3 is 25.6 Å². The molecule has 0 saturated carbocycles. The van der Waals surface area contributed by atoms with Crippen molar-refractivity contribution in [1.82, 2.24) is 21.1 Å². The van der Waals surface area contributed by atoms with E-state index in [1.165, 1.54) is 17.1 Å². The fourth-order valence-electron chi connectivity index (χ4n) is 6.08. The lowest BCUT2D eigenvalue weighted by Crippen LogP contribution is -2.62. The predicted molar refractivity (Wildman–Crippen MR) is 189 cm³/mol. The summed E-state index contributed by atoms with van der Waals surface area (Å²) in [7, 11) is 0. The van der Waals surface area contributed by atoms with Crippen LogP contribution in [-0.4, -0.2) is 75.8 Å². The van der Waals surface area contributed by atoms with Crippen molar-refractivity contribution in [3.8, 4) is 5.75 Å². The Morgan fingerprint density at radius 1 is 1.08 bits per heavy atom. The topological polar surface area (TPSA) is 157 Å². The molecule has 11 nitrogen and oxygen atoms in total. The van der Waals surface area contributed by atoms with Gasteiger partial charge in [-0.25, -0.2) is 5.43 Å². The van der Waals surface area contributed by atoms with E-state index in [-0.39, 0.29) is 48.2 Å². The van der Waals surface area contributed by atoms with E-state index in [0.717, 1.165) is 5.57 Å². The minimum atomic E-state index is -1.07. The Bertz CT molecular complexity index is 1390. The zero-order valence-electron chi connectivity index (χ0n) is 30.0. The number of allylic oxidation sites excluding steroid dienone is 3. The molecule has 2 aliphatic rings. The maximum atomic E-state index is 14.1. The SMILES string of the molecule is C/C(=C\C(C)C)[C@@H]1C/C=C/C=C/[C@@H](O)C(C)[C@@H](C)CC(=O)N[C@@H](C(C)C)C(=O)N[C@@H](Cc2cccc(O)c2)C(=O)N2CCC[C@H](N2)C(=O)O1. The molecular formula is C38H56N4O7. The molecule has 0 aliphatic carbocycles. The van der Waals surface area contributed by atoms with Crippen molar-refractivity contribution in [1.29, 1.82) is 0 Å². The number of aliphatic hydroxyl groups is 1. The molecule has 0 radical (unpaired) electrons. The number of phenols is 1. The molecule has 49 heavy (non-hydrogen) atoms. The highest BCUT2D eigenvalue weighted by Crippen LogP contribution is 2.22. The summed E-state index contributed by atoms with van der Waals surface area (Å²) in [6.07, 6.45) is 9.40. The van der Waals surface area contributed by atoms with Gasteiger partial charge in [0, 0.05) is 25.8 Å². The molecule has 7 atom stereocenters. The Balaban J connectivity index is 1.98. The number of hydrazine groups is 1. The Hall–Kier alpha value is -3.96. The second-order valence-corrected chi connectivity index (χ2v) is 14.2. The molecule has 270 valence electrons. The van der Waals surface area contributed by atoms with Crippen LogP contribution in [0, 0.1) is 23.7 Å². The van der Waals surface area contributed by atoms with Crippen LogP contribution in [0.4, 0.5) is 0 Å². The maximum absolute atomic E-state index is 14.1. The van der Waals surface area contributed by atoms with Crippen LogP contribution in [0.3, 0.4) is 0 Å². The van der Waals surface area contributed by atoms with E-state index in [9.17, 15) is 29.4 Å². The zero-order chi connectivity index (χ0) is 36.2. The van der Waals surface area contributed by atoms with Gasteiger partial charge >= 0.3 is 5.97 Å². The minimum absolute atomic E-state index is 0.0241. The molecule has 2 heterocycles. The van der Waals surface area contributed by atoms with Crippen LogP contribution in [0.1, 0.15) is 79.7 Å². The predicted octanol–water partition coefficient (Wildman–Crippen LogP) is 4.11. The average Bonchev–Trinajstić information content (AvgIpc) is 3.04. The van der Waals surface area contributed by atoms with Gasteiger partial charge in [0.05, 0.1) is 6.10 Å². The van der Waals surface area contributed by atoms with Crippen molar-refractivity contribution < 1.29 is 34.1 Å². The van der Waals surface area contributed by atoms with Gasteiger partial charge in [-0.2, -0.15) is 0 Å². The summed E-state index contributed by atoms with van der Waals surface area (Å²) in [5, 5.41) is 28.0. The number of aromatic hydroxyl groups is 1. The lowest BCUT2D eigenvalue weighted by atomic mass is 9.87. The molecule has 2 bridgehead atoms. The van der Waals surface area contributed by atoms with E-state index < -0.39 is 48.1 Å². The molecule has 3 amide bonds. The zero-order valence-corrected chi connectivity index (χ0v) is 30.0. The summed E-state index contributed by atoms with van der Waals surface area (Å²) in [4.78, 5) is 54.6. The fraction of sp³-hybridized carbons (Fsp3) is 0.579. The molecule has 5 N–H and O–H groups in total. The summed E-state index contributed by atoms with van der Waals surface area (Å²) in [5.41, 5.74) is 4.58. The average molecular weight is 681 g/mol. The van der Waals surface area contributed by atoms with E-state index in [2.05, 4.69) is 36.0 Å². The number of nitrogens with zero attached hydrogens (tertiary/aromatic N) is 1. The maximum Gasteiger partial charge on any atom is 0.325 e. The smallest absolute Gasteiger partial charge is 0.325 e. The first kappa shape index (κ1) is 39.5. The van der Waals surface area contributed by atoms with Crippen LogP contribution < -0.4 is 16.1 Å². The van der Waals surface area contributed by atoms with Crippen molar-refractivity contribution in [2.24, 2.45) is 23.7 Å². The first-order chi connectivity index (χ1) is 23.2. The number of hydrogen-bond donors (Lipinski definition) is 5. The number of phenolic OH excluding ortho intramolecular Hbond substituents is 1. The number of benzene rings is 1.